The van der Waals surface area contributed by atoms with E-state index in [1.54, 1.807) is 0 Å². The first-order valence-electron chi connectivity index (χ1n) is 9.59. The zero-order chi connectivity index (χ0) is 19.8. The molecule has 4 rings (SSSR count). The molecule has 1 fully saturated rings. The number of aryl methyl sites for hydroxylation is 1. The van der Waals surface area contributed by atoms with Crippen LogP contribution < -0.4 is 5.32 Å². The van der Waals surface area contributed by atoms with Gasteiger partial charge in [0.2, 0.25) is 0 Å². The van der Waals surface area contributed by atoms with Crippen molar-refractivity contribution in [2.24, 2.45) is 0 Å². The molecule has 1 aliphatic rings. The molecular formula is C22H25N5S. The van der Waals surface area contributed by atoms with Gasteiger partial charge in [0.15, 0.2) is 5.11 Å². The molecule has 5 nitrogen and oxygen atoms in total. The Hall–Kier alpha value is -2.73. The van der Waals surface area contributed by atoms with Gasteiger partial charge in [0, 0.05) is 29.8 Å². The van der Waals surface area contributed by atoms with Crippen LogP contribution in [0.15, 0.2) is 54.9 Å². The number of nitrogens with one attached hydrogen (secondary N) is 1. The molecule has 1 aliphatic heterocycles. The molecule has 0 amide bonds. The van der Waals surface area contributed by atoms with Crippen molar-refractivity contribution in [3.63, 3.8) is 0 Å². The van der Waals surface area contributed by atoms with Crippen LogP contribution in [0.5, 0.6) is 0 Å². The minimum absolute atomic E-state index is 0.00813. The Kier molecular flexibility index (Phi) is 4.89. The average molecular weight is 392 g/mol. The van der Waals surface area contributed by atoms with E-state index in [1.807, 2.05) is 42.7 Å². The number of hydrogen-bond acceptors (Lipinski definition) is 3. The summed E-state index contributed by atoms with van der Waals surface area (Å²) in [5.74, 6) is 0.933. The lowest BCUT2D eigenvalue weighted by atomic mass is 9.96. The van der Waals surface area contributed by atoms with Crippen LogP contribution in [-0.4, -0.2) is 30.6 Å². The van der Waals surface area contributed by atoms with Gasteiger partial charge in [-0.3, -0.25) is 4.98 Å². The molecule has 4 heterocycles. The van der Waals surface area contributed by atoms with Crippen LogP contribution in [0, 0.1) is 13.8 Å². The molecule has 0 saturated carbocycles. The molecular weight excluding hydrogens is 366 g/mol. The van der Waals surface area contributed by atoms with E-state index in [2.05, 4.69) is 64.6 Å². The van der Waals surface area contributed by atoms with Gasteiger partial charge in [-0.2, -0.15) is 0 Å². The average Bonchev–Trinajstić information content (AvgIpc) is 3.19. The first-order valence-corrected chi connectivity index (χ1v) is 10.00. The third-order valence-electron chi connectivity index (χ3n) is 5.36. The van der Waals surface area contributed by atoms with Crippen LogP contribution in [0.4, 0.5) is 0 Å². The SMILES string of the molecule is Cc1cc([C@H]2[C@H](c3ccccn3)NC(=S)N2C(C)C)c(C)n1-c1ccccn1. The highest BCUT2D eigenvalue weighted by Gasteiger charge is 2.42. The van der Waals surface area contributed by atoms with Crippen molar-refractivity contribution in [3.8, 4) is 5.82 Å². The van der Waals surface area contributed by atoms with Crippen molar-refractivity contribution in [2.45, 2.75) is 45.8 Å². The lowest BCUT2D eigenvalue weighted by molar-refractivity contribution is 0.269. The lowest BCUT2D eigenvalue weighted by Gasteiger charge is -2.31. The molecule has 0 radical (unpaired) electrons. The van der Waals surface area contributed by atoms with Gasteiger partial charge in [-0.15, -0.1) is 0 Å². The molecule has 144 valence electrons. The van der Waals surface area contributed by atoms with Gasteiger partial charge in [-0.05, 0) is 75.8 Å². The predicted molar refractivity (Wildman–Crippen MR) is 115 cm³/mol. The summed E-state index contributed by atoms with van der Waals surface area (Å²) in [5.41, 5.74) is 4.59. The summed E-state index contributed by atoms with van der Waals surface area (Å²) >= 11 is 5.72. The highest BCUT2D eigenvalue weighted by atomic mass is 32.1. The lowest BCUT2D eigenvalue weighted by Crippen LogP contribution is -2.35. The third kappa shape index (κ3) is 3.07. The standard InChI is InChI=1S/C22H25N5S/c1-14(2)26-21(20(25-22(26)28)18-9-5-7-11-23-18)17-13-15(3)27(16(17)4)19-10-6-8-12-24-19/h5-14,20-21H,1-4H3,(H,25,28)/t20-,21-/m0/s1. The van der Waals surface area contributed by atoms with Crippen molar-refractivity contribution in [2.75, 3.05) is 0 Å². The topological polar surface area (TPSA) is 46.0 Å². The Bertz CT molecular complexity index is 981. The van der Waals surface area contributed by atoms with E-state index >= 15 is 0 Å². The minimum Gasteiger partial charge on any atom is -0.352 e. The maximum atomic E-state index is 5.72. The number of thiocarbonyl (C=S) groups is 1. The van der Waals surface area contributed by atoms with Gasteiger partial charge in [0.25, 0.3) is 0 Å². The molecule has 0 aliphatic carbocycles. The van der Waals surface area contributed by atoms with Crippen molar-refractivity contribution >= 4 is 17.3 Å². The van der Waals surface area contributed by atoms with E-state index in [4.69, 9.17) is 12.2 Å². The van der Waals surface area contributed by atoms with Gasteiger partial charge < -0.3 is 14.8 Å². The summed E-state index contributed by atoms with van der Waals surface area (Å²) in [6, 6.07) is 14.6. The van der Waals surface area contributed by atoms with Crippen molar-refractivity contribution in [3.05, 3.63) is 77.5 Å². The molecule has 0 aromatic carbocycles. The monoisotopic (exact) mass is 391 g/mol. The van der Waals surface area contributed by atoms with Gasteiger partial charge in [-0.1, -0.05) is 12.1 Å². The van der Waals surface area contributed by atoms with Gasteiger partial charge in [-0.25, -0.2) is 4.98 Å². The molecule has 3 aromatic rings. The van der Waals surface area contributed by atoms with Crippen LogP contribution in [0.3, 0.4) is 0 Å². The first-order chi connectivity index (χ1) is 13.5. The number of pyridine rings is 2. The molecule has 0 spiro atoms. The van der Waals surface area contributed by atoms with E-state index in [0.29, 0.717) is 0 Å². The maximum Gasteiger partial charge on any atom is 0.170 e. The fourth-order valence-corrected chi connectivity index (χ4v) is 4.63. The van der Waals surface area contributed by atoms with Crippen LogP contribution in [0.25, 0.3) is 5.82 Å². The van der Waals surface area contributed by atoms with Crippen molar-refractivity contribution in [1.82, 2.24) is 24.8 Å². The number of hydrogen-bond donors (Lipinski definition) is 1. The largest absolute Gasteiger partial charge is 0.352 e. The third-order valence-corrected chi connectivity index (χ3v) is 5.69. The Morgan fingerprint density at radius 2 is 1.75 bits per heavy atom. The molecule has 0 unspecified atom stereocenters. The number of rotatable bonds is 4. The molecule has 2 atom stereocenters. The van der Waals surface area contributed by atoms with Crippen LogP contribution >= 0.6 is 12.2 Å². The molecule has 6 heteroatoms. The molecule has 1 N–H and O–H groups in total. The van der Waals surface area contributed by atoms with E-state index in [1.165, 1.54) is 11.3 Å². The summed E-state index contributed by atoms with van der Waals surface area (Å²) in [6.45, 7) is 8.65. The fourth-order valence-electron chi connectivity index (χ4n) is 4.18. The van der Waals surface area contributed by atoms with E-state index < -0.39 is 0 Å². The van der Waals surface area contributed by atoms with Crippen LogP contribution in [-0.2, 0) is 0 Å². The highest BCUT2D eigenvalue weighted by molar-refractivity contribution is 7.80. The van der Waals surface area contributed by atoms with Gasteiger partial charge >= 0.3 is 0 Å². The van der Waals surface area contributed by atoms with E-state index in [0.717, 1.165) is 22.3 Å². The molecule has 0 bridgehead atoms. The Morgan fingerprint density at radius 3 is 2.36 bits per heavy atom. The Labute approximate surface area is 171 Å². The fraction of sp³-hybridized carbons (Fsp3) is 0.318. The minimum atomic E-state index is 0.00813. The highest BCUT2D eigenvalue weighted by Crippen LogP contribution is 2.42. The Morgan fingerprint density at radius 1 is 1.04 bits per heavy atom. The quantitative estimate of drug-likeness (QED) is 0.673. The second kappa shape index (κ2) is 7.36. The maximum absolute atomic E-state index is 5.72. The summed E-state index contributed by atoms with van der Waals surface area (Å²) in [6.07, 6.45) is 3.67. The number of aromatic nitrogens is 3. The summed E-state index contributed by atoms with van der Waals surface area (Å²) in [7, 11) is 0. The smallest absolute Gasteiger partial charge is 0.170 e. The molecule has 3 aromatic heterocycles. The summed E-state index contributed by atoms with van der Waals surface area (Å²) < 4.78 is 2.21. The van der Waals surface area contributed by atoms with Crippen molar-refractivity contribution in [1.29, 1.82) is 0 Å². The zero-order valence-electron chi connectivity index (χ0n) is 16.6. The van der Waals surface area contributed by atoms with E-state index in [9.17, 15) is 0 Å². The second-order valence-corrected chi connectivity index (χ2v) is 7.86. The van der Waals surface area contributed by atoms with E-state index in [-0.39, 0.29) is 18.1 Å². The van der Waals surface area contributed by atoms with Crippen molar-refractivity contribution < 1.29 is 0 Å². The van der Waals surface area contributed by atoms with Gasteiger partial charge in [0.1, 0.15) is 5.82 Å². The summed E-state index contributed by atoms with van der Waals surface area (Å²) in [5, 5.41) is 4.29. The molecule has 28 heavy (non-hydrogen) atoms. The second-order valence-electron chi connectivity index (χ2n) is 7.48. The van der Waals surface area contributed by atoms with Gasteiger partial charge in [0.05, 0.1) is 17.8 Å². The summed E-state index contributed by atoms with van der Waals surface area (Å²) in [4.78, 5) is 11.5. The Balaban J connectivity index is 1.86. The number of nitrogens with zero attached hydrogens (tertiary/aromatic N) is 4. The van der Waals surface area contributed by atoms with Crippen LogP contribution in [0.2, 0.25) is 0 Å². The predicted octanol–water partition coefficient (Wildman–Crippen LogP) is 4.27. The first kappa shape index (κ1) is 18.6. The van der Waals surface area contributed by atoms with Crippen LogP contribution in [0.1, 0.15) is 48.6 Å². The zero-order valence-corrected chi connectivity index (χ0v) is 17.4. The normalized spacial score (nSPS) is 19.3. The molecule has 1 saturated heterocycles.